The smallest absolute Gasteiger partial charge is 0.344 e. The largest absolute Gasteiger partial charge is 0.416 e. The summed E-state index contributed by atoms with van der Waals surface area (Å²) in [5.74, 6) is -4.00. The lowest BCUT2D eigenvalue weighted by Crippen LogP contribution is -2.97. The van der Waals surface area contributed by atoms with Crippen LogP contribution in [0.1, 0.15) is 22.3 Å². The molecule has 2 amide bonds. The molecule has 30 heavy (non-hydrogen) atoms. The molecule has 1 saturated carbocycles. The van der Waals surface area contributed by atoms with E-state index in [9.17, 15) is 35.9 Å². The van der Waals surface area contributed by atoms with Gasteiger partial charge in [-0.25, -0.2) is 0 Å². The molecule has 0 spiro atoms. The average Bonchev–Trinajstić information content (AvgIpc) is 2.64. The Labute approximate surface area is 165 Å². The van der Waals surface area contributed by atoms with Gasteiger partial charge in [0.25, 0.3) is 0 Å². The third-order valence-corrected chi connectivity index (χ3v) is 6.36. The predicted octanol–water partition coefficient (Wildman–Crippen LogP) is 3.32. The Morgan fingerprint density at radius 2 is 0.967 bits per heavy atom. The molecule has 2 heterocycles. The molecule has 2 aliphatic heterocycles. The summed E-state index contributed by atoms with van der Waals surface area (Å²) >= 11 is 0. The lowest BCUT2D eigenvalue weighted by Gasteiger charge is -2.77. The zero-order valence-electron chi connectivity index (χ0n) is 14.9. The molecule has 10 heteroatoms. The molecular weight excluding hydrogens is 414 g/mol. The van der Waals surface area contributed by atoms with Crippen molar-refractivity contribution in [1.29, 1.82) is 0 Å². The predicted molar refractivity (Wildman–Crippen MR) is 89.5 cm³/mol. The van der Waals surface area contributed by atoms with E-state index < -0.39 is 58.2 Å². The highest BCUT2D eigenvalue weighted by molar-refractivity contribution is 6.05. The van der Waals surface area contributed by atoms with Crippen LogP contribution in [0, 0.1) is 11.8 Å². The van der Waals surface area contributed by atoms with Gasteiger partial charge in [0.2, 0.25) is 11.8 Å². The monoisotopic (exact) mass is 426 g/mol. The van der Waals surface area contributed by atoms with E-state index in [0.29, 0.717) is 0 Å². The topological polar surface area (TPSA) is 58.2 Å². The third-order valence-electron chi connectivity index (χ3n) is 6.36. The van der Waals surface area contributed by atoms with Crippen LogP contribution in [0.3, 0.4) is 0 Å². The van der Waals surface area contributed by atoms with Crippen LogP contribution in [0.15, 0.2) is 48.5 Å². The number of amides is 2. The summed E-state index contributed by atoms with van der Waals surface area (Å²) in [6, 6.07) is 8.97. The highest BCUT2D eigenvalue weighted by Gasteiger charge is 2.88. The van der Waals surface area contributed by atoms with Crippen molar-refractivity contribution in [3.05, 3.63) is 70.8 Å². The van der Waals surface area contributed by atoms with E-state index in [4.69, 9.17) is 0 Å². The summed E-state index contributed by atoms with van der Waals surface area (Å²) in [7, 11) is 0. The second-order valence-corrected chi connectivity index (χ2v) is 7.67. The number of benzene rings is 2. The molecule has 3 aliphatic rings. The van der Waals surface area contributed by atoms with E-state index in [1.807, 2.05) is 0 Å². The first-order chi connectivity index (χ1) is 14.0. The summed E-state index contributed by atoms with van der Waals surface area (Å²) in [4.78, 5) is 24.9. The van der Waals surface area contributed by atoms with Crippen LogP contribution < -0.4 is 10.6 Å². The van der Waals surface area contributed by atoms with Gasteiger partial charge in [-0.1, -0.05) is 36.4 Å². The number of carbonyl (C=O) groups is 2. The first-order valence-electron chi connectivity index (χ1n) is 8.93. The van der Waals surface area contributed by atoms with Crippen molar-refractivity contribution >= 4 is 11.8 Å². The van der Waals surface area contributed by atoms with Crippen LogP contribution in [0.25, 0.3) is 0 Å². The summed E-state index contributed by atoms with van der Waals surface area (Å²) in [6.45, 7) is 0. The molecule has 0 bridgehead atoms. The van der Waals surface area contributed by atoms with E-state index >= 15 is 0 Å². The number of hydrogen-bond donors (Lipinski definition) is 2. The molecule has 3 fully saturated rings. The van der Waals surface area contributed by atoms with Gasteiger partial charge in [-0.2, -0.15) is 26.3 Å². The van der Waals surface area contributed by atoms with Crippen LogP contribution in [0.4, 0.5) is 26.3 Å². The van der Waals surface area contributed by atoms with Gasteiger partial charge in [-0.3, -0.25) is 9.59 Å². The molecule has 2 aromatic carbocycles. The van der Waals surface area contributed by atoms with Crippen molar-refractivity contribution in [2.75, 3.05) is 0 Å². The standard InChI is InChI=1S/C20H12F6N2O2/c21-19(22,23)11-7-3-1-5-9(11)17-13(15(29)27-17)18(14(17)16(30)28-18)10-6-2-4-8-12(10)20(24,25)26/h1-8,13-14H,(H,27,29)(H,28,30). The summed E-state index contributed by atoms with van der Waals surface area (Å²) in [6.07, 6.45) is -9.53. The van der Waals surface area contributed by atoms with E-state index in [1.165, 1.54) is 24.3 Å². The zero-order valence-corrected chi connectivity index (χ0v) is 14.9. The number of hydrogen-bond acceptors (Lipinski definition) is 2. The van der Waals surface area contributed by atoms with Crippen molar-refractivity contribution in [3.63, 3.8) is 0 Å². The highest BCUT2D eigenvalue weighted by atomic mass is 19.4. The molecule has 2 N–H and O–H groups in total. The molecular formula is C20H12F6N2O2. The Bertz CT molecular complexity index is 1010. The first-order valence-corrected chi connectivity index (χ1v) is 8.93. The highest BCUT2D eigenvalue weighted by Crippen LogP contribution is 2.72. The molecule has 4 nitrogen and oxygen atoms in total. The third kappa shape index (κ3) is 1.99. The van der Waals surface area contributed by atoms with Crippen LogP contribution in [-0.4, -0.2) is 11.8 Å². The van der Waals surface area contributed by atoms with Gasteiger partial charge in [-0.05, 0) is 23.3 Å². The van der Waals surface area contributed by atoms with Gasteiger partial charge in [-0.15, -0.1) is 0 Å². The van der Waals surface area contributed by atoms with Crippen molar-refractivity contribution in [3.8, 4) is 0 Å². The number of rotatable bonds is 2. The Balaban J connectivity index is 1.71. The quantitative estimate of drug-likeness (QED) is 0.572. The minimum absolute atomic E-state index is 0.318. The van der Waals surface area contributed by atoms with Crippen LogP contribution >= 0.6 is 0 Å². The molecule has 0 unspecified atom stereocenters. The van der Waals surface area contributed by atoms with E-state index in [-0.39, 0.29) is 11.1 Å². The fourth-order valence-corrected chi connectivity index (χ4v) is 5.41. The van der Waals surface area contributed by atoms with Gasteiger partial charge in [0, 0.05) is 0 Å². The fourth-order valence-electron chi connectivity index (χ4n) is 5.41. The SMILES string of the molecule is O=C1NC2(c3ccccc3C(F)(F)F)C1C1(c3ccccc3C(F)(F)F)NC(=O)C21. The average molecular weight is 426 g/mol. The Morgan fingerprint density at radius 3 is 1.27 bits per heavy atom. The maximum absolute atomic E-state index is 13.6. The molecule has 2 aromatic rings. The molecule has 0 atom stereocenters. The normalized spacial score (nSPS) is 31.9. The molecule has 1 aliphatic carbocycles. The second kappa shape index (κ2) is 5.35. The van der Waals surface area contributed by atoms with E-state index in [2.05, 4.69) is 10.6 Å². The first kappa shape index (κ1) is 19.0. The Kier molecular flexibility index (Phi) is 3.38. The van der Waals surface area contributed by atoms with Gasteiger partial charge in [0.05, 0.1) is 34.0 Å². The second-order valence-electron chi connectivity index (χ2n) is 7.67. The van der Waals surface area contributed by atoms with Crippen molar-refractivity contribution < 1.29 is 35.9 Å². The molecule has 156 valence electrons. The lowest BCUT2D eigenvalue weighted by molar-refractivity contribution is -0.234. The molecule has 2 saturated heterocycles. The zero-order chi connectivity index (χ0) is 21.7. The number of carbonyl (C=O) groups excluding carboxylic acids is 2. The van der Waals surface area contributed by atoms with Gasteiger partial charge >= 0.3 is 12.4 Å². The van der Waals surface area contributed by atoms with E-state index in [0.717, 1.165) is 24.3 Å². The molecule has 0 radical (unpaired) electrons. The number of piperidine rings is 2. The number of alkyl halides is 6. The Hall–Kier alpha value is -3.04. The van der Waals surface area contributed by atoms with Crippen molar-refractivity contribution in [2.24, 2.45) is 11.8 Å². The fraction of sp³-hybridized carbons (Fsp3) is 0.300. The minimum Gasteiger partial charge on any atom is -0.344 e. The number of halogens is 6. The van der Waals surface area contributed by atoms with Crippen molar-refractivity contribution in [2.45, 2.75) is 23.4 Å². The molecule has 5 rings (SSSR count). The maximum Gasteiger partial charge on any atom is 0.416 e. The van der Waals surface area contributed by atoms with Gasteiger partial charge in [0.1, 0.15) is 0 Å². The number of β-lactam (4-membered cyclic amide) rings is 2. The summed E-state index contributed by atoms with van der Waals surface area (Å²) in [5.41, 5.74) is -6.11. The lowest BCUT2D eigenvalue weighted by atomic mass is 9.35. The van der Waals surface area contributed by atoms with E-state index in [1.54, 1.807) is 0 Å². The van der Waals surface area contributed by atoms with Gasteiger partial charge < -0.3 is 10.6 Å². The van der Waals surface area contributed by atoms with Gasteiger partial charge in [0.15, 0.2) is 0 Å². The molecule has 0 aromatic heterocycles. The maximum atomic E-state index is 13.6. The number of fused-ring (bicyclic) bond motifs is 4. The van der Waals surface area contributed by atoms with Crippen LogP contribution in [0.2, 0.25) is 0 Å². The number of nitrogens with one attached hydrogen (secondary N) is 2. The van der Waals surface area contributed by atoms with Crippen molar-refractivity contribution in [1.82, 2.24) is 10.6 Å². The van der Waals surface area contributed by atoms with Crippen LogP contribution in [0.5, 0.6) is 0 Å². The summed E-state index contributed by atoms with van der Waals surface area (Å²) in [5, 5.41) is 4.84. The minimum atomic E-state index is -4.77. The summed E-state index contributed by atoms with van der Waals surface area (Å²) < 4.78 is 81.6. The Morgan fingerprint density at radius 1 is 0.633 bits per heavy atom. The van der Waals surface area contributed by atoms with Crippen LogP contribution in [-0.2, 0) is 33.0 Å².